The standard InChI is InChI=1S/C16H21N3O2/c1-12-2-4-13(5-3-12)18-10-15(20)19(16(21)11-18)14-6-8-17-9-7-14/h2-5,14,17H,6-11H2,1H3. The zero-order chi connectivity index (χ0) is 14.8. The molecule has 1 aromatic carbocycles. The minimum atomic E-state index is -0.0706. The predicted octanol–water partition coefficient (Wildman–Crippen LogP) is 0.922. The lowest BCUT2D eigenvalue weighted by atomic mass is 10.0. The number of carbonyl (C=O) groups excluding carboxylic acids is 2. The van der Waals surface area contributed by atoms with Gasteiger partial charge in [0.1, 0.15) is 0 Å². The van der Waals surface area contributed by atoms with Crippen LogP contribution in [0.25, 0.3) is 0 Å². The first kappa shape index (κ1) is 14.1. The third kappa shape index (κ3) is 2.93. The third-order valence-corrected chi connectivity index (χ3v) is 4.26. The van der Waals surface area contributed by atoms with E-state index in [2.05, 4.69) is 5.32 Å². The topological polar surface area (TPSA) is 52.7 Å². The Morgan fingerprint density at radius 3 is 2.14 bits per heavy atom. The Morgan fingerprint density at radius 1 is 1.00 bits per heavy atom. The van der Waals surface area contributed by atoms with Crippen molar-refractivity contribution in [1.29, 1.82) is 0 Å². The monoisotopic (exact) mass is 287 g/mol. The number of imide groups is 1. The van der Waals surface area contributed by atoms with E-state index in [0.29, 0.717) is 13.1 Å². The molecule has 0 saturated carbocycles. The number of benzene rings is 1. The lowest BCUT2D eigenvalue weighted by Crippen LogP contribution is -2.59. The molecule has 2 amide bonds. The van der Waals surface area contributed by atoms with Gasteiger partial charge in [-0.05, 0) is 45.0 Å². The van der Waals surface area contributed by atoms with Gasteiger partial charge in [-0.1, -0.05) is 17.7 Å². The van der Waals surface area contributed by atoms with E-state index in [9.17, 15) is 9.59 Å². The van der Waals surface area contributed by atoms with E-state index in [1.54, 1.807) is 0 Å². The van der Waals surface area contributed by atoms with Gasteiger partial charge in [-0.3, -0.25) is 14.5 Å². The Kier molecular flexibility index (Phi) is 3.92. The first-order chi connectivity index (χ1) is 10.1. The van der Waals surface area contributed by atoms with E-state index in [4.69, 9.17) is 0 Å². The van der Waals surface area contributed by atoms with Gasteiger partial charge in [0.15, 0.2) is 0 Å². The molecule has 5 heteroatoms. The fourth-order valence-corrected chi connectivity index (χ4v) is 3.08. The molecule has 2 aliphatic heterocycles. The van der Waals surface area contributed by atoms with Crippen LogP contribution in [0.3, 0.4) is 0 Å². The lowest BCUT2D eigenvalue weighted by Gasteiger charge is -2.39. The van der Waals surface area contributed by atoms with Crippen molar-refractivity contribution in [3.05, 3.63) is 29.8 Å². The van der Waals surface area contributed by atoms with Crippen LogP contribution in [0.1, 0.15) is 18.4 Å². The second-order valence-electron chi connectivity index (χ2n) is 5.83. The number of piperidine rings is 1. The summed E-state index contributed by atoms with van der Waals surface area (Å²) in [6, 6.07) is 8.02. The molecule has 0 unspecified atom stereocenters. The molecule has 0 atom stereocenters. The highest BCUT2D eigenvalue weighted by atomic mass is 16.2. The van der Waals surface area contributed by atoms with Crippen LogP contribution in [0.4, 0.5) is 5.69 Å². The van der Waals surface area contributed by atoms with Crippen molar-refractivity contribution in [2.24, 2.45) is 0 Å². The number of carbonyl (C=O) groups is 2. The molecule has 112 valence electrons. The molecule has 0 aromatic heterocycles. The van der Waals surface area contributed by atoms with Crippen molar-refractivity contribution in [2.45, 2.75) is 25.8 Å². The molecule has 0 spiro atoms. The lowest BCUT2D eigenvalue weighted by molar-refractivity contribution is -0.148. The van der Waals surface area contributed by atoms with Crippen LogP contribution < -0.4 is 10.2 Å². The summed E-state index contributed by atoms with van der Waals surface area (Å²) in [7, 11) is 0. The fraction of sp³-hybridized carbons (Fsp3) is 0.500. The Balaban J connectivity index is 1.73. The van der Waals surface area contributed by atoms with Crippen molar-refractivity contribution in [3.63, 3.8) is 0 Å². The van der Waals surface area contributed by atoms with Gasteiger partial charge in [-0.25, -0.2) is 0 Å². The number of nitrogens with zero attached hydrogens (tertiary/aromatic N) is 2. The van der Waals surface area contributed by atoms with E-state index in [1.807, 2.05) is 36.1 Å². The summed E-state index contributed by atoms with van der Waals surface area (Å²) in [5.41, 5.74) is 2.11. The van der Waals surface area contributed by atoms with Crippen molar-refractivity contribution in [2.75, 3.05) is 31.1 Å². The molecular formula is C16H21N3O2. The maximum absolute atomic E-state index is 12.4. The van der Waals surface area contributed by atoms with E-state index >= 15 is 0 Å². The van der Waals surface area contributed by atoms with Gasteiger partial charge in [0.25, 0.3) is 0 Å². The Hall–Kier alpha value is -1.88. The number of hydrogen-bond donors (Lipinski definition) is 1. The average Bonchev–Trinajstić information content (AvgIpc) is 2.48. The quantitative estimate of drug-likeness (QED) is 0.822. The molecule has 2 fully saturated rings. The SMILES string of the molecule is Cc1ccc(N2CC(=O)N(C3CCNCC3)C(=O)C2)cc1. The van der Waals surface area contributed by atoms with Crippen molar-refractivity contribution in [1.82, 2.24) is 10.2 Å². The zero-order valence-electron chi connectivity index (χ0n) is 12.3. The van der Waals surface area contributed by atoms with Gasteiger partial charge < -0.3 is 10.2 Å². The number of rotatable bonds is 2. The molecular weight excluding hydrogens is 266 g/mol. The summed E-state index contributed by atoms with van der Waals surface area (Å²) in [4.78, 5) is 28.2. The van der Waals surface area contributed by atoms with Crippen LogP contribution in [-0.4, -0.2) is 48.9 Å². The highest BCUT2D eigenvalue weighted by molar-refractivity contribution is 6.03. The molecule has 2 heterocycles. The Bertz CT molecular complexity index is 517. The molecule has 2 saturated heterocycles. The summed E-state index contributed by atoms with van der Waals surface area (Å²) < 4.78 is 0. The summed E-state index contributed by atoms with van der Waals surface area (Å²) >= 11 is 0. The van der Waals surface area contributed by atoms with Gasteiger partial charge in [-0.15, -0.1) is 0 Å². The van der Waals surface area contributed by atoms with Crippen LogP contribution in [0.2, 0.25) is 0 Å². The zero-order valence-corrected chi connectivity index (χ0v) is 12.3. The van der Waals surface area contributed by atoms with Gasteiger partial charge in [0.05, 0.1) is 13.1 Å². The van der Waals surface area contributed by atoms with Crippen molar-refractivity contribution < 1.29 is 9.59 Å². The van der Waals surface area contributed by atoms with E-state index in [1.165, 1.54) is 10.5 Å². The molecule has 2 aliphatic rings. The second-order valence-corrected chi connectivity index (χ2v) is 5.83. The molecule has 1 N–H and O–H groups in total. The van der Waals surface area contributed by atoms with Gasteiger partial charge in [0.2, 0.25) is 11.8 Å². The summed E-state index contributed by atoms with van der Waals surface area (Å²) in [6.45, 7) is 4.36. The Labute approximate surface area is 124 Å². The van der Waals surface area contributed by atoms with Gasteiger partial charge in [0, 0.05) is 11.7 Å². The maximum Gasteiger partial charge on any atom is 0.249 e. The molecule has 21 heavy (non-hydrogen) atoms. The number of amides is 2. The fourth-order valence-electron chi connectivity index (χ4n) is 3.08. The first-order valence-electron chi connectivity index (χ1n) is 7.52. The molecule has 0 bridgehead atoms. The van der Waals surface area contributed by atoms with E-state index < -0.39 is 0 Å². The molecule has 5 nitrogen and oxygen atoms in total. The minimum Gasteiger partial charge on any atom is -0.353 e. The van der Waals surface area contributed by atoms with Crippen LogP contribution in [0.15, 0.2) is 24.3 Å². The van der Waals surface area contributed by atoms with Crippen LogP contribution in [-0.2, 0) is 9.59 Å². The highest BCUT2D eigenvalue weighted by Crippen LogP contribution is 2.21. The maximum atomic E-state index is 12.4. The summed E-state index contributed by atoms with van der Waals surface area (Å²) in [5.74, 6) is -0.141. The number of anilines is 1. The van der Waals surface area contributed by atoms with Crippen LogP contribution >= 0.6 is 0 Å². The van der Waals surface area contributed by atoms with E-state index in [0.717, 1.165) is 31.6 Å². The van der Waals surface area contributed by atoms with Crippen molar-refractivity contribution in [3.8, 4) is 0 Å². The Morgan fingerprint density at radius 2 is 1.57 bits per heavy atom. The van der Waals surface area contributed by atoms with Crippen molar-refractivity contribution >= 4 is 17.5 Å². The molecule has 0 aliphatic carbocycles. The van der Waals surface area contributed by atoms with Crippen LogP contribution in [0, 0.1) is 6.92 Å². The number of piperazine rings is 1. The van der Waals surface area contributed by atoms with Crippen LogP contribution in [0.5, 0.6) is 0 Å². The minimum absolute atomic E-state index is 0.0706. The van der Waals surface area contributed by atoms with Gasteiger partial charge >= 0.3 is 0 Å². The second kappa shape index (κ2) is 5.85. The normalized spacial score (nSPS) is 21.0. The number of aryl methyl sites for hydroxylation is 1. The van der Waals surface area contributed by atoms with E-state index in [-0.39, 0.29) is 17.9 Å². The third-order valence-electron chi connectivity index (χ3n) is 4.26. The largest absolute Gasteiger partial charge is 0.353 e. The summed E-state index contributed by atoms with van der Waals surface area (Å²) in [6.07, 6.45) is 1.73. The number of hydrogen-bond acceptors (Lipinski definition) is 4. The smallest absolute Gasteiger partial charge is 0.249 e. The predicted molar refractivity (Wildman–Crippen MR) is 81.1 cm³/mol. The first-order valence-corrected chi connectivity index (χ1v) is 7.52. The van der Waals surface area contributed by atoms with Gasteiger partial charge in [-0.2, -0.15) is 0 Å². The number of nitrogens with one attached hydrogen (secondary N) is 1. The molecule has 3 rings (SSSR count). The molecule has 0 radical (unpaired) electrons. The molecule has 1 aromatic rings. The highest BCUT2D eigenvalue weighted by Gasteiger charge is 2.36. The summed E-state index contributed by atoms with van der Waals surface area (Å²) in [5, 5.41) is 3.26. The average molecular weight is 287 g/mol.